The second kappa shape index (κ2) is 8.66. The van der Waals surface area contributed by atoms with Gasteiger partial charge < -0.3 is 14.7 Å². The summed E-state index contributed by atoms with van der Waals surface area (Å²) in [6.07, 6.45) is -4.48. The van der Waals surface area contributed by atoms with E-state index in [2.05, 4.69) is 4.98 Å². The first-order chi connectivity index (χ1) is 14.9. The second-order valence-corrected chi connectivity index (χ2v) is 10.1. The summed E-state index contributed by atoms with van der Waals surface area (Å²) in [6, 6.07) is 11.2. The highest BCUT2D eigenvalue weighted by Crippen LogP contribution is 2.45. The predicted molar refractivity (Wildman–Crippen MR) is 108 cm³/mol. The Labute approximate surface area is 181 Å². The smallest absolute Gasteiger partial charge is 0.475 e. The summed E-state index contributed by atoms with van der Waals surface area (Å²) >= 11 is 0. The van der Waals surface area contributed by atoms with Gasteiger partial charge in [-0.1, -0.05) is 24.3 Å². The van der Waals surface area contributed by atoms with E-state index in [1.165, 1.54) is 0 Å². The lowest BCUT2D eigenvalue weighted by Crippen LogP contribution is -2.68. The number of carboxylic acids is 1. The molecule has 1 amide bonds. The Kier molecular flexibility index (Phi) is 6.47. The number of likely N-dealkylation sites (tertiary alicyclic amines) is 1. The van der Waals surface area contributed by atoms with E-state index in [0.717, 1.165) is 10.9 Å². The van der Waals surface area contributed by atoms with Crippen molar-refractivity contribution in [2.24, 2.45) is 5.92 Å². The van der Waals surface area contributed by atoms with Gasteiger partial charge in [0.2, 0.25) is 0 Å². The molecule has 2 aromatic rings. The SMILES string of the molecule is COCC1CCS(=O)(=O)C12CN(C(=O)c1ccc3ccccc3n1)C2.O=C(O)C(F)(F)F. The lowest BCUT2D eigenvalue weighted by molar-refractivity contribution is -0.192. The minimum atomic E-state index is -5.08. The number of aromatic nitrogens is 1. The summed E-state index contributed by atoms with van der Waals surface area (Å²) in [5, 5.41) is 8.10. The molecule has 2 aliphatic heterocycles. The molecule has 32 heavy (non-hydrogen) atoms. The Balaban J connectivity index is 0.000000360. The molecule has 1 atom stereocenters. The maximum absolute atomic E-state index is 12.7. The number of alkyl halides is 3. The number of carbonyl (C=O) groups excluding carboxylic acids is 1. The molecule has 174 valence electrons. The zero-order valence-corrected chi connectivity index (χ0v) is 17.8. The number of aliphatic carboxylic acids is 1. The van der Waals surface area contributed by atoms with Gasteiger partial charge in [-0.15, -0.1) is 0 Å². The van der Waals surface area contributed by atoms with Crippen molar-refractivity contribution in [3.8, 4) is 0 Å². The predicted octanol–water partition coefficient (Wildman–Crippen LogP) is 2.14. The first-order valence-corrected chi connectivity index (χ1v) is 11.2. The van der Waals surface area contributed by atoms with Gasteiger partial charge in [-0.05, 0) is 18.6 Å². The quantitative estimate of drug-likeness (QED) is 0.725. The summed E-state index contributed by atoms with van der Waals surface area (Å²) in [6.45, 7) is 0.878. The van der Waals surface area contributed by atoms with Gasteiger partial charge in [0, 0.05) is 31.5 Å². The Morgan fingerprint density at radius 1 is 1.22 bits per heavy atom. The normalized spacial score (nSPS) is 21.0. The highest BCUT2D eigenvalue weighted by molar-refractivity contribution is 7.93. The number of sulfone groups is 1. The average molecular weight is 474 g/mol. The lowest BCUT2D eigenvalue weighted by atomic mass is 9.83. The minimum absolute atomic E-state index is 0.0453. The van der Waals surface area contributed by atoms with Crippen LogP contribution in [0.15, 0.2) is 36.4 Å². The number of benzene rings is 1. The van der Waals surface area contributed by atoms with E-state index in [1.54, 1.807) is 18.1 Å². The van der Waals surface area contributed by atoms with Crippen LogP contribution in [0.4, 0.5) is 13.2 Å². The maximum atomic E-state index is 12.7. The standard InChI is InChI=1S/C18H20N2O4S.C2HF3O2/c1-24-10-14-8-9-25(22,23)18(14)11-20(12-18)17(21)16-7-6-13-4-2-3-5-15(13)19-16;3-2(4,5)1(6)7/h2-7,14H,8-12H2,1H3;(H,6,7). The number of nitrogens with zero attached hydrogens (tertiary/aromatic N) is 2. The Hall–Kier alpha value is -2.73. The van der Waals surface area contributed by atoms with Gasteiger partial charge in [0.25, 0.3) is 5.91 Å². The molecule has 0 saturated carbocycles. The van der Waals surface area contributed by atoms with Gasteiger partial charge in [-0.3, -0.25) is 4.79 Å². The van der Waals surface area contributed by atoms with E-state index >= 15 is 0 Å². The molecule has 3 heterocycles. The van der Waals surface area contributed by atoms with Crippen LogP contribution in [0.5, 0.6) is 0 Å². The fourth-order valence-corrected chi connectivity index (χ4v) is 6.40. The van der Waals surface area contributed by atoms with Gasteiger partial charge in [-0.2, -0.15) is 13.2 Å². The third-order valence-electron chi connectivity index (χ3n) is 5.73. The van der Waals surface area contributed by atoms with E-state index in [9.17, 15) is 26.4 Å². The van der Waals surface area contributed by atoms with E-state index in [-0.39, 0.29) is 30.7 Å². The van der Waals surface area contributed by atoms with Crippen molar-refractivity contribution < 1.29 is 41.0 Å². The molecule has 2 aliphatic rings. The zero-order chi connectivity index (χ0) is 23.7. The van der Waals surface area contributed by atoms with Crippen LogP contribution in [0.3, 0.4) is 0 Å². The summed E-state index contributed by atoms with van der Waals surface area (Å²) < 4.78 is 61.1. The van der Waals surface area contributed by atoms with E-state index < -0.39 is 26.7 Å². The number of hydrogen-bond acceptors (Lipinski definition) is 6. The maximum Gasteiger partial charge on any atom is 0.490 e. The van der Waals surface area contributed by atoms with Crippen molar-refractivity contribution in [1.29, 1.82) is 0 Å². The highest BCUT2D eigenvalue weighted by atomic mass is 32.2. The number of ether oxygens (including phenoxy) is 1. The molecule has 0 aliphatic carbocycles. The fraction of sp³-hybridized carbons (Fsp3) is 0.450. The number of carbonyl (C=O) groups is 2. The molecular formula is C20H21F3N2O6S. The van der Waals surface area contributed by atoms with Crippen LogP contribution in [0.1, 0.15) is 16.9 Å². The van der Waals surface area contributed by atoms with Crippen molar-refractivity contribution in [3.63, 3.8) is 0 Å². The Bertz CT molecular complexity index is 1130. The second-order valence-electron chi connectivity index (χ2n) is 7.68. The molecule has 8 nitrogen and oxygen atoms in total. The van der Waals surface area contributed by atoms with Gasteiger partial charge in [0.1, 0.15) is 10.4 Å². The number of methoxy groups -OCH3 is 1. The number of rotatable bonds is 3. The summed E-state index contributed by atoms with van der Waals surface area (Å²) in [5.74, 6) is -2.84. The topological polar surface area (TPSA) is 114 Å². The van der Waals surface area contributed by atoms with Crippen molar-refractivity contribution >= 4 is 32.6 Å². The molecule has 1 aromatic heterocycles. The molecule has 2 saturated heterocycles. The number of hydrogen-bond donors (Lipinski definition) is 1. The molecule has 0 radical (unpaired) electrons. The number of carboxylic acid groups (broad SMARTS) is 1. The van der Waals surface area contributed by atoms with Gasteiger partial charge in [0.15, 0.2) is 9.84 Å². The molecule has 12 heteroatoms. The third kappa shape index (κ3) is 4.42. The Morgan fingerprint density at radius 2 is 1.84 bits per heavy atom. The number of pyridine rings is 1. The van der Waals surface area contributed by atoms with Crippen molar-refractivity contribution in [2.75, 3.05) is 32.6 Å². The fourth-order valence-electron chi connectivity index (χ4n) is 4.00. The monoisotopic (exact) mass is 474 g/mol. The van der Waals surface area contributed by atoms with Crippen LogP contribution < -0.4 is 0 Å². The molecule has 1 spiro atoms. The van der Waals surface area contributed by atoms with Crippen molar-refractivity contribution in [3.05, 3.63) is 42.1 Å². The highest BCUT2D eigenvalue weighted by Gasteiger charge is 2.62. The number of halogens is 3. The van der Waals surface area contributed by atoms with Crippen molar-refractivity contribution in [1.82, 2.24) is 9.88 Å². The molecular weight excluding hydrogens is 453 g/mol. The molecule has 1 N–H and O–H groups in total. The zero-order valence-electron chi connectivity index (χ0n) is 17.0. The van der Waals surface area contributed by atoms with Crippen LogP contribution >= 0.6 is 0 Å². The largest absolute Gasteiger partial charge is 0.490 e. The third-order valence-corrected chi connectivity index (χ3v) is 8.33. The van der Waals surface area contributed by atoms with E-state index in [4.69, 9.17) is 14.6 Å². The van der Waals surface area contributed by atoms with E-state index in [0.29, 0.717) is 18.7 Å². The van der Waals surface area contributed by atoms with Crippen molar-refractivity contribution in [2.45, 2.75) is 17.3 Å². The van der Waals surface area contributed by atoms with Gasteiger partial charge >= 0.3 is 12.1 Å². The average Bonchev–Trinajstić information content (AvgIpc) is 2.96. The minimum Gasteiger partial charge on any atom is -0.475 e. The summed E-state index contributed by atoms with van der Waals surface area (Å²) in [7, 11) is -1.62. The molecule has 1 aromatic carbocycles. The first-order valence-electron chi connectivity index (χ1n) is 9.58. The van der Waals surface area contributed by atoms with Crippen LogP contribution in [0.25, 0.3) is 10.9 Å². The van der Waals surface area contributed by atoms with Gasteiger partial charge in [-0.25, -0.2) is 18.2 Å². The van der Waals surface area contributed by atoms with Crippen LogP contribution in [0.2, 0.25) is 0 Å². The molecule has 2 fully saturated rings. The van der Waals surface area contributed by atoms with Crippen LogP contribution in [0, 0.1) is 5.92 Å². The van der Waals surface area contributed by atoms with Crippen LogP contribution in [-0.2, 0) is 19.4 Å². The summed E-state index contributed by atoms with van der Waals surface area (Å²) in [5.41, 5.74) is 1.11. The number of amides is 1. The molecule has 1 unspecified atom stereocenters. The summed E-state index contributed by atoms with van der Waals surface area (Å²) in [4.78, 5) is 27.6. The molecule has 0 bridgehead atoms. The van der Waals surface area contributed by atoms with Gasteiger partial charge in [0.05, 0.1) is 17.9 Å². The van der Waals surface area contributed by atoms with E-state index in [1.807, 2.05) is 30.3 Å². The molecule has 4 rings (SSSR count). The number of para-hydroxylation sites is 1. The lowest BCUT2D eigenvalue weighted by Gasteiger charge is -2.49. The van der Waals surface area contributed by atoms with Crippen LogP contribution in [-0.4, -0.2) is 78.8 Å². The number of fused-ring (bicyclic) bond motifs is 1. The Morgan fingerprint density at radius 3 is 2.44 bits per heavy atom. The first kappa shape index (κ1) is 23.9.